The van der Waals surface area contributed by atoms with Crippen molar-refractivity contribution >= 4 is 26.7 Å². The molecule has 2 aromatic carbocycles. The number of aromatic nitrogens is 1. The Morgan fingerprint density at radius 3 is 2.61 bits per heavy atom. The highest BCUT2D eigenvalue weighted by Gasteiger charge is 2.19. The number of benzene rings is 2. The number of fused-ring (bicyclic) bond motifs is 2. The highest BCUT2D eigenvalue weighted by molar-refractivity contribution is 7.89. The Morgan fingerprint density at radius 2 is 1.84 bits per heavy atom. The Balaban J connectivity index is 1.45. The van der Waals surface area contributed by atoms with E-state index in [2.05, 4.69) is 21.1 Å². The second-order valence-electron chi connectivity index (χ2n) is 7.21. The maximum atomic E-state index is 12.6. The van der Waals surface area contributed by atoms with Crippen molar-refractivity contribution in [2.45, 2.75) is 18.7 Å². The first-order valence-electron chi connectivity index (χ1n) is 9.83. The van der Waals surface area contributed by atoms with Crippen molar-refractivity contribution in [3.63, 3.8) is 0 Å². The number of sulfonamides is 1. The Kier molecular flexibility index (Phi) is 5.67. The van der Waals surface area contributed by atoms with Crippen LogP contribution < -0.4 is 19.5 Å². The van der Waals surface area contributed by atoms with Crippen molar-refractivity contribution in [1.29, 1.82) is 5.26 Å². The molecule has 4 rings (SSSR count). The first-order valence-corrected chi connectivity index (χ1v) is 11.3. The lowest BCUT2D eigenvalue weighted by Crippen LogP contribution is -2.29. The summed E-state index contributed by atoms with van der Waals surface area (Å²) in [6.45, 7) is 5.20. The number of hydrogen-bond donors (Lipinski definition) is 2. The molecule has 0 radical (unpaired) electrons. The predicted molar refractivity (Wildman–Crippen MR) is 117 cm³/mol. The summed E-state index contributed by atoms with van der Waals surface area (Å²) in [6, 6.07) is 12.4. The molecule has 0 atom stereocenters. The van der Waals surface area contributed by atoms with E-state index in [-0.39, 0.29) is 18.0 Å². The second-order valence-corrected chi connectivity index (χ2v) is 8.97. The minimum atomic E-state index is -3.72. The molecule has 0 saturated carbocycles. The van der Waals surface area contributed by atoms with Gasteiger partial charge in [-0.15, -0.1) is 0 Å². The van der Waals surface area contributed by atoms with Gasteiger partial charge in [-0.2, -0.15) is 5.26 Å². The summed E-state index contributed by atoms with van der Waals surface area (Å²) in [5.74, 6) is 1.38. The number of anilines is 1. The lowest BCUT2D eigenvalue weighted by molar-refractivity contribution is 0.171. The molecule has 31 heavy (non-hydrogen) atoms. The van der Waals surface area contributed by atoms with E-state index in [9.17, 15) is 13.7 Å². The lowest BCUT2D eigenvalue weighted by atomic mass is 10.0. The molecule has 0 spiro atoms. The van der Waals surface area contributed by atoms with Gasteiger partial charge < -0.3 is 14.8 Å². The first-order chi connectivity index (χ1) is 14.9. The zero-order valence-electron chi connectivity index (χ0n) is 17.2. The second kappa shape index (κ2) is 8.41. The normalized spacial score (nSPS) is 13.1. The molecule has 0 aliphatic carbocycles. The van der Waals surface area contributed by atoms with Crippen LogP contribution in [0.5, 0.6) is 11.5 Å². The van der Waals surface area contributed by atoms with Gasteiger partial charge >= 0.3 is 0 Å². The van der Waals surface area contributed by atoms with Crippen LogP contribution in [-0.2, 0) is 10.0 Å². The van der Waals surface area contributed by atoms with E-state index in [1.807, 2.05) is 26.0 Å². The van der Waals surface area contributed by atoms with Crippen molar-refractivity contribution in [3.05, 3.63) is 53.1 Å². The molecule has 1 aliphatic heterocycles. The Labute approximate surface area is 180 Å². The van der Waals surface area contributed by atoms with E-state index < -0.39 is 10.0 Å². The maximum absolute atomic E-state index is 12.6. The first kappa shape index (κ1) is 20.9. The molecule has 9 heteroatoms. The monoisotopic (exact) mass is 438 g/mol. The predicted octanol–water partition coefficient (Wildman–Crippen LogP) is 2.88. The minimum absolute atomic E-state index is 0.101. The Hall–Kier alpha value is -3.35. The van der Waals surface area contributed by atoms with Gasteiger partial charge in [0, 0.05) is 24.5 Å². The molecule has 0 bridgehead atoms. The van der Waals surface area contributed by atoms with E-state index in [1.54, 1.807) is 12.1 Å². The molecule has 0 fully saturated rings. The fourth-order valence-corrected chi connectivity index (χ4v) is 4.39. The molecular weight excluding hydrogens is 416 g/mol. The Bertz CT molecular complexity index is 1300. The number of ether oxygens (including phenoxy) is 2. The van der Waals surface area contributed by atoms with Crippen LogP contribution in [0, 0.1) is 25.2 Å². The number of hydrogen-bond acceptors (Lipinski definition) is 7. The van der Waals surface area contributed by atoms with E-state index in [1.165, 1.54) is 12.1 Å². The fourth-order valence-electron chi connectivity index (χ4n) is 3.34. The van der Waals surface area contributed by atoms with Gasteiger partial charge in [-0.25, -0.2) is 18.1 Å². The van der Waals surface area contributed by atoms with Crippen molar-refractivity contribution in [2.75, 3.05) is 31.6 Å². The van der Waals surface area contributed by atoms with Gasteiger partial charge in [0.15, 0.2) is 11.5 Å². The summed E-state index contributed by atoms with van der Waals surface area (Å²) < 4.78 is 38.6. The van der Waals surface area contributed by atoms with Gasteiger partial charge in [-0.05, 0) is 43.2 Å². The zero-order chi connectivity index (χ0) is 22.0. The third-order valence-corrected chi connectivity index (χ3v) is 6.62. The molecule has 8 nitrogen and oxygen atoms in total. The summed E-state index contributed by atoms with van der Waals surface area (Å²) in [5, 5.41) is 13.4. The van der Waals surface area contributed by atoms with Gasteiger partial charge in [-0.3, -0.25) is 0 Å². The molecule has 3 aromatic rings. The molecule has 160 valence electrons. The van der Waals surface area contributed by atoms with Gasteiger partial charge in [0.2, 0.25) is 10.0 Å². The van der Waals surface area contributed by atoms with E-state index in [0.717, 1.165) is 22.0 Å². The molecule has 2 heterocycles. The molecule has 0 unspecified atom stereocenters. The minimum Gasteiger partial charge on any atom is -0.486 e. The summed E-state index contributed by atoms with van der Waals surface area (Å²) >= 11 is 0. The lowest BCUT2D eigenvalue weighted by Gasteiger charge is -2.19. The third kappa shape index (κ3) is 4.26. The van der Waals surface area contributed by atoms with Crippen LogP contribution in [0.2, 0.25) is 0 Å². The molecule has 0 amide bonds. The van der Waals surface area contributed by atoms with E-state index >= 15 is 0 Å². The van der Waals surface area contributed by atoms with Gasteiger partial charge in [0.1, 0.15) is 25.1 Å². The molecule has 1 aliphatic rings. The molecular formula is C22H22N4O4S. The average molecular weight is 439 g/mol. The number of nitrogens with one attached hydrogen (secondary N) is 2. The topological polar surface area (TPSA) is 113 Å². The smallest absolute Gasteiger partial charge is 0.240 e. The van der Waals surface area contributed by atoms with Crippen LogP contribution in [0.25, 0.3) is 10.9 Å². The Morgan fingerprint density at radius 1 is 1.06 bits per heavy atom. The van der Waals surface area contributed by atoms with E-state index in [0.29, 0.717) is 36.1 Å². The largest absolute Gasteiger partial charge is 0.486 e. The number of rotatable bonds is 6. The van der Waals surface area contributed by atoms with Crippen LogP contribution in [0.1, 0.15) is 16.7 Å². The average Bonchev–Trinajstić information content (AvgIpc) is 2.78. The molecule has 2 N–H and O–H groups in total. The van der Waals surface area contributed by atoms with Crippen molar-refractivity contribution in [2.24, 2.45) is 0 Å². The van der Waals surface area contributed by atoms with Gasteiger partial charge in [0.25, 0.3) is 0 Å². The highest BCUT2D eigenvalue weighted by Crippen LogP contribution is 2.32. The summed E-state index contributed by atoms with van der Waals surface area (Å²) in [5.41, 5.74) is 3.39. The molecule has 1 aromatic heterocycles. The standard InChI is InChI=1S/C22H22N4O4S/c1-14-3-4-16-11-17(13-23)22(26-21(16)15(14)2)24-7-8-25-31(27,28)18-5-6-19-20(12-18)30-10-9-29-19/h3-6,11-12,25H,7-10H2,1-2H3,(H,24,26). The molecule has 0 saturated heterocycles. The van der Waals surface area contributed by atoms with Gasteiger partial charge in [-0.1, -0.05) is 12.1 Å². The van der Waals surface area contributed by atoms with Crippen LogP contribution in [-0.4, -0.2) is 39.7 Å². The third-order valence-electron chi connectivity index (χ3n) is 5.17. The number of nitrogens with zero attached hydrogens (tertiary/aromatic N) is 2. The zero-order valence-corrected chi connectivity index (χ0v) is 18.0. The van der Waals surface area contributed by atoms with E-state index in [4.69, 9.17) is 9.47 Å². The van der Waals surface area contributed by atoms with Crippen molar-refractivity contribution < 1.29 is 17.9 Å². The highest BCUT2D eigenvalue weighted by atomic mass is 32.2. The quantitative estimate of drug-likeness (QED) is 0.569. The number of nitriles is 1. The fraction of sp³-hybridized carbons (Fsp3) is 0.273. The van der Waals surface area contributed by atoms with Crippen LogP contribution in [0.3, 0.4) is 0 Å². The van der Waals surface area contributed by atoms with Crippen LogP contribution in [0.4, 0.5) is 5.82 Å². The number of pyridine rings is 1. The van der Waals surface area contributed by atoms with Crippen molar-refractivity contribution in [1.82, 2.24) is 9.71 Å². The summed E-state index contributed by atoms with van der Waals surface area (Å²) in [6.07, 6.45) is 0. The maximum Gasteiger partial charge on any atom is 0.240 e. The van der Waals surface area contributed by atoms with Crippen molar-refractivity contribution in [3.8, 4) is 17.6 Å². The summed E-state index contributed by atoms with van der Waals surface area (Å²) in [4.78, 5) is 4.71. The van der Waals surface area contributed by atoms with Crippen LogP contribution >= 0.6 is 0 Å². The summed E-state index contributed by atoms with van der Waals surface area (Å²) in [7, 11) is -3.72. The van der Waals surface area contributed by atoms with Gasteiger partial charge in [0.05, 0.1) is 16.0 Å². The SMILES string of the molecule is Cc1ccc2cc(C#N)c(NCCNS(=O)(=O)c3ccc4c(c3)OCCO4)nc2c1C. The van der Waals surface area contributed by atoms with Crippen LogP contribution in [0.15, 0.2) is 41.3 Å². The number of aryl methyl sites for hydroxylation is 2.